The first-order chi connectivity index (χ1) is 13.7. The van der Waals surface area contributed by atoms with Crippen LogP contribution in [-0.4, -0.2) is 44.8 Å². The summed E-state index contributed by atoms with van der Waals surface area (Å²) in [5.41, 5.74) is 0.576. The first-order valence-corrected chi connectivity index (χ1v) is 11.6. The van der Waals surface area contributed by atoms with Crippen molar-refractivity contribution in [1.29, 1.82) is 0 Å². The third-order valence-corrected chi connectivity index (χ3v) is 7.56. The van der Waals surface area contributed by atoms with Crippen molar-refractivity contribution >= 4 is 38.2 Å². The minimum absolute atomic E-state index is 0.168. The number of ether oxygens (including phenoxy) is 1. The molecule has 2 heterocycles. The van der Waals surface area contributed by atoms with Crippen molar-refractivity contribution in [3.63, 3.8) is 0 Å². The Hall–Kier alpha value is -2.23. The Bertz CT molecular complexity index is 988. The minimum Gasteiger partial charge on any atom is -0.465 e. The number of carbonyl (C=O) groups is 2. The van der Waals surface area contributed by atoms with E-state index in [0.717, 1.165) is 6.42 Å². The van der Waals surface area contributed by atoms with Gasteiger partial charge in [0.1, 0.15) is 5.00 Å². The second-order valence-corrected chi connectivity index (χ2v) is 10.3. The van der Waals surface area contributed by atoms with Crippen LogP contribution in [0.15, 0.2) is 40.6 Å². The lowest BCUT2D eigenvalue weighted by molar-refractivity contribution is 0.0602. The number of methoxy groups -OCH3 is 1. The number of anilines is 1. The third-order valence-electron chi connectivity index (χ3n) is 4.89. The molecule has 0 radical (unpaired) electrons. The van der Waals surface area contributed by atoms with Gasteiger partial charge in [0.05, 0.1) is 17.6 Å². The average Bonchev–Trinajstić information content (AvgIpc) is 3.14. The fourth-order valence-electron chi connectivity index (χ4n) is 3.58. The van der Waals surface area contributed by atoms with E-state index in [2.05, 4.69) is 19.2 Å². The summed E-state index contributed by atoms with van der Waals surface area (Å²) in [4.78, 5) is 24.4. The molecule has 1 saturated heterocycles. The first kappa shape index (κ1) is 21.5. The molecular weight excluding hydrogens is 412 g/mol. The van der Waals surface area contributed by atoms with Crippen molar-refractivity contribution in [2.24, 2.45) is 11.8 Å². The Kier molecular flexibility index (Phi) is 6.40. The molecule has 3 rings (SSSR count). The molecule has 1 aromatic carbocycles. The van der Waals surface area contributed by atoms with Gasteiger partial charge in [0.2, 0.25) is 10.0 Å². The lowest BCUT2D eigenvalue weighted by Crippen LogP contribution is -2.42. The van der Waals surface area contributed by atoms with Crippen molar-refractivity contribution in [1.82, 2.24) is 4.31 Å². The fraction of sp³-hybridized carbons (Fsp3) is 0.400. The van der Waals surface area contributed by atoms with Crippen molar-refractivity contribution in [3.05, 3.63) is 46.8 Å². The SMILES string of the molecule is COC(=O)c1ccsc1NC(=O)c1ccc(S(=O)(=O)N2CC(C)CC(C)C2)cc1. The summed E-state index contributed by atoms with van der Waals surface area (Å²) in [5, 5.41) is 4.74. The maximum absolute atomic E-state index is 12.9. The molecule has 0 spiro atoms. The number of thiophene rings is 1. The van der Waals surface area contributed by atoms with Crippen molar-refractivity contribution in [3.8, 4) is 0 Å². The number of sulfonamides is 1. The van der Waals surface area contributed by atoms with Gasteiger partial charge in [-0.15, -0.1) is 11.3 Å². The molecule has 1 N–H and O–H groups in total. The highest BCUT2D eigenvalue weighted by atomic mass is 32.2. The van der Waals surface area contributed by atoms with Crippen LogP contribution in [0, 0.1) is 11.8 Å². The Morgan fingerprint density at radius 2 is 1.72 bits per heavy atom. The van der Waals surface area contributed by atoms with Gasteiger partial charge >= 0.3 is 5.97 Å². The lowest BCUT2D eigenvalue weighted by Gasteiger charge is -2.34. The number of amides is 1. The molecule has 1 fully saturated rings. The third kappa shape index (κ3) is 4.68. The zero-order chi connectivity index (χ0) is 21.2. The number of nitrogens with zero attached hydrogens (tertiary/aromatic N) is 1. The van der Waals surface area contributed by atoms with Crippen LogP contribution in [0.2, 0.25) is 0 Å². The summed E-state index contributed by atoms with van der Waals surface area (Å²) in [6.07, 6.45) is 1.02. The summed E-state index contributed by atoms with van der Waals surface area (Å²) in [7, 11) is -2.33. The number of nitrogens with one attached hydrogen (secondary N) is 1. The van der Waals surface area contributed by atoms with Gasteiger partial charge in [-0.2, -0.15) is 4.31 Å². The van der Waals surface area contributed by atoms with E-state index >= 15 is 0 Å². The van der Waals surface area contributed by atoms with Crippen LogP contribution in [0.3, 0.4) is 0 Å². The predicted molar refractivity (Wildman–Crippen MR) is 112 cm³/mol. The second-order valence-electron chi connectivity index (χ2n) is 7.40. The van der Waals surface area contributed by atoms with E-state index in [0.29, 0.717) is 35.5 Å². The molecule has 0 saturated carbocycles. The molecule has 156 valence electrons. The molecule has 1 aliphatic heterocycles. The topological polar surface area (TPSA) is 92.8 Å². The Labute approximate surface area is 174 Å². The highest BCUT2D eigenvalue weighted by molar-refractivity contribution is 7.89. The molecule has 2 unspecified atom stereocenters. The largest absolute Gasteiger partial charge is 0.465 e. The number of rotatable bonds is 5. The Morgan fingerprint density at radius 3 is 2.31 bits per heavy atom. The van der Waals surface area contributed by atoms with E-state index in [4.69, 9.17) is 4.74 Å². The molecule has 1 amide bonds. The predicted octanol–water partition coefficient (Wildman–Crippen LogP) is 3.45. The number of carbonyl (C=O) groups excluding carboxylic acids is 2. The lowest BCUT2D eigenvalue weighted by atomic mass is 9.94. The van der Waals surface area contributed by atoms with Gasteiger partial charge in [0, 0.05) is 18.7 Å². The summed E-state index contributed by atoms with van der Waals surface area (Å²) in [5.74, 6) is -0.337. The number of piperidine rings is 1. The normalized spacial score (nSPS) is 20.2. The molecule has 2 atom stereocenters. The smallest absolute Gasteiger partial charge is 0.340 e. The van der Waals surface area contributed by atoms with Gasteiger partial charge in [-0.1, -0.05) is 13.8 Å². The number of esters is 1. The summed E-state index contributed by atoms with van der Waals surface area (Å²) in [6, 6.07) is 7.42. The molecule has 7 nitrogen and oxygen atoms in total. The van der Waals surface area contributed by atoms with Gasteiger partial charge in [-0.05, 0) is 54.0 Å². The number of hydrogen-bond acceptors (Lipinski definition) is 6. The average molecular weight is 437 g/mol. The van der Waals surface area contributed by atoms with Gasteiger partial charge < -0.3 is 10.1 Å². The standard InChI is InChI=1S/C20H24N2O5S2/c1-13-10-14(2)12-22(11-13)29(25,26)16-6-4-15(5-7-16)18(23)21-19-17(8-9-28-19)20(24)27-3/h4-9,13-14H,10-12H2,1-3H3,(H,21,23). The summed E-state index contributed by atoms with van der Waals surface area (Å²) in [6.45, 7) is 5.12. The van der Waals surface area contributed by atoms with Crippen LogP contribution in [0.25, 0.3) is 0 Å². The number of benzene rings is 1. The maximum Gasteiger partial charge on any atom is 0.340 e. The highest BCUT2D eigenvalue weighted by Gasteiger charge is 2.31. The van der Waals surface area contributed by atoms with Crippen molar-refractivity contribution < 1.29 is 22.7 Å². The quantitative estimate of drug-likeness (QED) is 0.725. The van der Waals surface area contributed by atoms with Crippen LogP contribution in [-0.2, 0) is 14.8 Å². The molecule has 1 aromatic heterocycles. The molecule has 29 heavy (non-hydrogen) atoms. The Morgan fingerprint density at radius 1 is 1.10 bits per heavy atom. The molecule has 0 bridgehead atoms. The summed E-state index contributed by atoms with van der Waals surface area (Å²) < 4.78 is 32.1. The maximum atomic E-state index is 12.9. The zero-order valence-corrected chi connectivity index (χ0v) is 18.2. The second kappa shape index (κ2) is 8.64. The molecule has 2 aromatic rings. The van der Waals surface area contributed by atoms with Gasteiger partial charge in [0.15, 0.2) is 0 Å². The van der Waals surface area contributed by atoms with Gasteiger partial charge in [-0.3, -0.25) is 4.79 Å². The van der Waals surface area contributed by atoms with E-state index < -0.39 is 21.9 Å². The van der Waals surface area contributed by atoms with E-state index in [1.807, 2.05) is 0 Å². The minimum atomic E-state index is -3.60. The van der Waals surface area contributed by atoms with Crippen LogP contribution < -0.4 is 5.32 Å². The van der Waals surface area contributed by atoms with Crippen LogP contribution in [0.5, 0.6) is 0 Å². The molecular formula is C20H24N2O5S2. The van der Waals surface area contributed by atoms with Crippen LogP contribution in [0.4, 0.5) is 5.00 Å². The fourth-order valence-corrected chi connectivity index (χ4v) is 6.03. The molecule has 1 aliphatic rings. The highest BCUT2D eigenvalue weighted by Crippen LogP contribution is 2.27. The van der Waals surface area contributed by atoms with Gasteiger partial charge in [0.25, 0.3) is 5.91 Å². The van der Waals surface area contributed by atoms with Crippen molar-refractivity contribution in [2.45, 2.75) is 25.2 Å². The van der Waals surface area contributed by atoms with Gasteiger partial charge in [-0.25, -0.2) is 13.2 Å². The van der Waals surface area contributed by atoms with E-state index in [9.17, 15) is 18.0 Å². The molecule has 9 heteroatoms. The summed E-state index contributed by atoms with van der Waals surface area (Å²) >= 11 is 1.21. The first-order valence-electron chi connectivity index (χ1n) is 9.29. The Balaban J connectivity index is 1.75. The monoisotopic (exact) mass is 436 g/mol. The number of hydrogen-bond donors (Lipinski definition) is 1. The molecule has 0 aliphatic carbocycles. The van der Waals surface area contributed by atoms with Crippen LogP contribution in [0.1, 0.15) is 41.0 Å². The van der Waals surface area contributed by atoms with Crippen LogP contribution >= 0.6 is 11.3 Å². The van der Waals surface area contributed by atoms with Crippen molar-refractivity contribution in [2.75, 3.05) is 25.5 Å². The zero-order valence-electron chi connectivity index (χ0n) is 16.5. The van der Waals surface area contributed by atoms with E-state index in [1.165, 1.54) is 47.0 Å². The van der Waals surface area contributed by atoms with E-state index in [1.54, 1.807) is 11.4 Å². The van der Waals surface area contributed by atoms with E-state index in [-0.39, 0.29) is 10.5 Å².